The Bertz CT molecular complexity index is 290. The maximum Gasteiger partial charge on any atom is 0.0323 e. The Kier molecular flexibility index (Phi) is 3.14. The fourth-order valence-electron chi connectivity index (χ4n) is 1.90. The van der Waals surface area contributed by atoms with E-state index in [2.05, 4.69) is 30.5 Å². The molecule has 1 aromatic carbocycles. The van der Waals surface area contributed by atoms with Crippen LogP contribution in [0.1, 0.15) is 30.9 Å². The Morgan fingerprint density at radius 1 is 1.29 bits per heavy atom. The molecule has 0 aliphatic heterocycles. The van der Waals surface area contributed by atoms with E-state index in [-0.39, 0.29) is 6.04 Å². The van der Waals surface area contributed by atoms with Crippen molar-refractivity contribution < 1.29 is 0 Å². The predicted molar refractivity (Wildman–Crippen MR) is 62.5 cm³/mol. The Balaban J connectivity index is 2.07. The minimum atomic E-state index is 0.264. The predicted octanol–water partition coefficient (Wildman–Crippen LogP) is 3.21. The molecule has 0 heterocycles. The molecule has 2 heteroatoms. The van der Waals surface area contributed by atoms with Gasteiger partial charge in [-0.1, -0.05) is 18.6 Å². The summed E-state index contributed by atoms with van der Waals surface area (Å²) in [4.78, 5) is 1.31. The monoisotopic (exact) mass is 207 g/mol. The number of nitrogens with two attached hydrogens (primary N) is 1. The molecule has 1 atom stereocenters. The van der Waals surface area contributed by atoms with Gasteiger partial charge in [0, 0.05) is 10.9 Å². The molecule has 0 aromatic heterocycles. The van der Waals surface area contributed by atoms with E-state index in [1.165, 1.54) is 29.7 Å². The van der Waals surface area contributed by atoms with Gasteiger partial charge in [0.1, 0.15) is 0 Å². The van der Waals surface area contributed by atoms with Crippen molar-refractivity contribution in [2.75, 3.05) is 6.26 Å². The summed E-state index contributed by atoms with van der Waals surface area (Å²) in [6.07, 6.45) is 6.08. The molecule has 0 amide bonds. The van der Waals surface area contributed by atoms with Crippen molar-refractivity contribution in [1.82, 2.24) is 0 Å². The van der Waals surface area contributed by atoms with Gasteiger partial charge in [-0.2, -0.15) is 0 Å². The third-order valence-corrected chi connectivity index (χ3v) is 3.90. The molecule has 0 unspecified atom stereocenters. The van der Waals surface area contributed by atoms with E-state index in [1.54, 1.807) is 11.8 Å². The van der Waals surface area contributed by atoms with E-state index < -0.39 is 0 Å². The molecule has 0 saturated heterocycles. The second-order valence-electron chi connectivity index (χ2n) is 3.99. The van der Waals surface area contributed by atoms with Crippen molar-refractivity contribution in [2.45, 2.75) is 30.2 Å². The van der Waals surface area contributed by atoms with Gasteiger partial charge in [-0.15, -0.1) is 11.8 Å². The summed E-state index contributed by atoms with van der Waals surface area (Å²) in [6, 6.07) is 8.94. The fraction of sp³-hybridized carbons (Fsp3) is 0.500. The van der Waals surface area contributed by atoms with Gasteiger partial charge in [-0.3, -0.25) is 0 Å². The summed E-state index contributed by atoms with van der Waals surface area (Å²) in [5.74, 6) is 0.732. The largest absolute Gasteiger partial charge is 0.324 e. The standard InChI is InChI=1S/C12H17NS/c1-14-11-7-5-10(6-8-11)12(13)9-3-2-4-9/h5-9,12H,2-4,13H2,1H3/t12-/m1/s1. The Morgan fingerprint density at radius 2 is 1.93 bits per heavy atom. The van der Waals surface area contributed by atoms with Crippen LogP contribution in [0.15, 0.2) is 29.2 Å². The zero-order valence-electron chi connectivity index (χ0n) is 8.57. The maximum atomic E-state index is 6.19. The summed E-state index contributed by atoms with van der Waals surface area (Å²) < 4.78 is 0. The van der Waals surface area contributed by atoms with E-state index in [1.807, 2.05) is 0 Å². The zero-order valence-corrected chi connectivity index (χ0v) is 9.39. The molecular weight excluding hydrogens is 190 g/mol. The Hall–Kier alpha value is -0.470. The molecule has 1 saturated carbocycles. The van der Waals surface area contributed by atoms with Crippen LogP contribution in [0.3, 0.4) is 0 Å². The normalized spacial score (nSPS) is 19.0. The molecule has 14 heavy (non-hydrogen) atoms. The van der Waals surface area contributed by atoms with Crippen LogP contribution in [0.25, 0.3) is 0 Å². The van der Waals surface area contributed by atoms with Gasteiger partial charge in [0.25, 0.3) is 0 Å². The van der Waals surface area contributed by atoms with Crippen molar-refractivity contribution in [2.24, 2.45) is 11.7 Å². The molecule has 1 aliphatic carbocycles. The van der Waals surface area contributed by atoms with Gasteiger partial charge in [0.15, 0.2) is 0 Å². The summed E-state index contributed by atoms with van der Waals surface area (Å²) >= 11 is 1.78. The average Bonchev–Trinajstić information content (AvgIpc) is 2.15. The Labute approximate surface area is 90.1 Å². The van der Waals surface area contributed by atoms with Crippen LogP contribution in [-0.4, -0.2) is 6.26 Å². The highest BCUT2D eigenvalue weighted by atomic mass is 32.2. The van der Waals surface area contributed by atoms with Gasteiger partial charge < -0.3 is 5.73 Å². The lowest BCUT2D eigenvalue weighted by atomic mass is 9.78. The molecule has 1 aromatic rings. The average molecular weight is 207 g/mol. The molecule has 1 aliphatic rings. The lowest BCUT2D eigenvalue weighted by Crippen LogP contribution is -2.26. The lowest BCUT2D eigenvalue weighted by molar-refractivity contribution is 0.264. The smallest absolute Gasteiger partial charge is 0.0323 e. The summed E-state index contributed by atoms with van der Waals surface area (Å²) in [5.41, 5.74) is 7.48. The van der Waals surface area contributed by atoms with Gasteiger partial charge >= 0.3 is 0 Å². The maximum absolute atomic E-state index is 6.19. The van der Waals surface area contributed by atoms with Gasteiger partial charge in [-0.25, -0.2) is 0 Å². The lowest BCUT2D eigenvalue weighted by Gasteiger charge is -2.31. The SMILES string of the molecule is CSc1ccc([C@H](N)C2CCC2)cc1. The zero-order chi connectivity index (χ0) is 9.97. The minimum absolute atomic E-state index is 0.264. The molecular formula is C12H17NS. The van der Waals surface area contributed by atoms with E-state index in [9.17, 15) is 0 Å². The molecule has 0 radical (unpaired) electrons. The van der Waals surface area contributed by atoms with Crippen molar-refractivity contribution >= 4 is 11.8 Å². The highest BCUT2D eigenvalue weighted by molar-refractivity contribution is 7.98. The number of thioether (sulfide) groups is 1. The molecule has 0 spiro atoms. The Morgan fingerprint density at radius 3 is 2.36 bits per heavy atom. The molecule has 2 rings (SSSR count). The summed E-state index contributed by atoms with van der Waals surface area (Å²) in [5, 5.41) is 0. The second-order valence-corrected chi connectivity index (χ2v) is 4.87. The summed E-state index contributed by atoms with van der Waals surface area (Å²) in [6.45, 7) is 0. The first kappa shape index (κ1) is 10.1. The van der Waals surface area contributed by atoms with Crippen LogP contribution in [0.4, 0.5) is 0 Å². The first-order valence-corrected chi connectivity index (χ1v) is 6.43. The molecule has 1 fully saturated rings. The number of rotatable bonds is 3. The van der Waals surface area contributed by atoms with E-state index in [4.69, 9.17) is 5.73 Å². The quantitative estimate of drug-likeness (QED) is 0.770. The van der Waals surface area contributed by atoms with Crippen molar-refractivity contribution in [3.8, 4) is 0 Å². The van der Waals surface area contributed by atoms with E-state index >= 15 is 0 Å². The van der Waals surface area contributed by atoms with Gasteiger partial charge in [0.2, 0.25) is 0 Å². The number of hydrogen-bond acceptors (Lipinski definition) is 2. The minimum Gasteiger partial charge on any atom is -0.324 e. The highest BCUT2D eigenvalue weighted by Gasteiger charge is 2.25. The van der Waals surface area contributed by atoms with Crippen molar-refractivity contribution in [1.29, 1.82) is 0 Å². The summed E-state index contributed by atoms with van der Waals surface area (Å²) in [7, 11) is 0. The van der Waals surface area contributed by atoms with Crippen LogP contribution in [0, 0.1) is 5.92 Å². The fourth-order valence-corrected chi connectivity index (χ4v) is 2.31. The third kappa shape index (κ3) is 1.96. The van der Waals surface area contributed by atoms with Crippen molar-refractivity contribution in [3.63, 3.8) is 0 Å². The van der Waals surface area contributed by atoms with Crippen LogP contribution in [0.2, 0.25) is 0 Å². The first-order valence-electron chi connectivity index (χ1n) is 5.21. The third-order valence-electron chi connectivity index (χ3n) is 3.16. The van der Waals surface area contributed by atoms with Crippen molar-refractivity contribution in [3.05, 3.63) is 29.8 Å². The van der Waals surface area contributed by atoms with E-state index in [0.717, 1.165) is 5.92 Å². The van der Waals surface area contributed by atoms with E-state index in [0.29, 0.717) is 0 Å². The number of hydrogen-bond donors (Lipinski definition) is 1. The van der Waals surface area contributed by atoms with Crippen LogP contribution >= 0.6 is 11.8 Å². The number of benzene rings is 1. The van der Waals surface area contributed by atoms with Crippen LogP contribution < -0.4 is 5.73 Å². The van der Waals surface area contributed by atoms with Crippen LogP contribution in [-0.2, 0) is 0 Å². The topological polar surface area (TPSA) is 26.0 Å². The first-order chi connectivity index (χ1) is 6.81. The highest BCUT2D eigenvalue weighted by Crippen LogP contribution is 2.36. The van der Waals surface area contributed by atoms with Gasteiger partial charge in [-0.05, 0) is 42.7 Å². The van der Waals surface area contributed by atoms with Crippen LogP contribution in [0.5, 0.6) is 0 Å². The molecule has 2 N–H and O–H groups in total. The second kappa shape index (κ2) is 4.37. The molecule has 76 valence electrons. The van der Waals surface area contributed by atoms with Gasteiger partial charge in [0.05, 0.1) is 0 Å². The molecule has 0 bridgehead atoms. The molecule has 1 nitrogen and oxygen atoms in total.